The maximum absolute atomic E-state index is 13.4. The number of nitrogens with one attached hydrogen (secondary N) is 2. The summed E-state index contributed by atoms with van der Waals surface area (Å²) < 4.78 is 13.2. The lowest BCUT2D eigenvalue weighted by atomic mass is 9.66. The largest absolute Gasteiger partial charge is 0.363 e. The quantitative estimate of drug-likeness (QED) is 0.202. The molecule has 0 radical (unpaired) electrons. The zero-order valence-corrected chi connectivity index (χ0v) is 30.7. The summed E-state index contributed by atoms with van der Waals surface area (Å²) in [6.07, 6.45) is 10.6. The molecule has 1 heterocycles. The van der Waals surface area contributed by atoms with Crippen LogP contribution in [0, 0.1) is 30.6 Å². The first kappa shape index (κ1) is 40.2. The van der Waals surface area contributed by atoms with E-state index in [4.69, 9.17) is 0 Å². The minimum Gasteiger partial charge on any atom is -0.363 e. The number of carbonyl (C=O) groups excluding carboxylic acids is 1. The maximum atomic E-state index is 13.4. The van der Waals surface area contributed by atoms with Gasteiger partial charge in [-0.2, -0.15) is 0 Å². The summed E-state index contributed by atoms with van der Waals surface area (Å²) in [5.41, 5.74) is 6.15. The SMILES string of the molecule is C=C(/C=C(N=CCC)\C(C)=C(/C)N/C=C(/C)F)c1ccc(C2(C(=O)C(C)C)CCNCC2)c(C)c1.CC(C)C.CC1CC(C)C1. The molecule has 2 fully saturated rings. The van der Waals surface area contributed by atoms with E-state index in [1.807, 2.05) is 46.9 Å². The van der Waals surface area contributed by atoms with Crippen LogP contribution in [-0.4, -0.2) is 25.1 Å². The highest BCUT2D eigenvalue weighted by Crippen LogP contribution is 2.39. The fourth-order valence-corrected chi connectivity index (χ4v) is 5.95. The molecule has 0 aromatic heterocycles. The summed E-state index contributed by atoms with van der Waals surface area (Å²) in [6.45, 7) is 30.5. The van der Waals surface area contributed by atoms with Crippen LogP contribution < -0.4 is 10.6 Å². The second kappa shape index (κ2) is 19.7. The molecule has 1 aliphatic carbocycles. The van der Waals surface area contributed by atoms with Gasteiger partial charge in [-0.15, -0.1) is 0 Å². The molecule has 0 amide bonds. The van der Waals surface area contributed by atoms with Gasteiger partial charge >= 0.3 is 0 Å². The summed E-state index contributed by atoms with van der Waals surface area (Å²) in [6, 6.07) is 6.32. The lowest BCUT2D eigenvalue weighted by molar-refractivity contribution is -0.128. The van der Waals surface area contributed by atoms with Crippen LogP contribution in [0.3, 0.4) is 0 Å². The molecule has 2 aliphatic rings. The second-order valence-electron chi connectivity index (χ2n) is 14.2. The predicted molar refractivity (Wildman–Crippen MR) is 195 cm³/mol. The fraction of sp³-hybridized carbons (Fsp3) is 0.600. The molecule has 1 aromatic rings. The number of aliphatic imine (C=N–C) groups is 1. The molecule has 45 heavy (non-hydrogen) atoms. The Labute approximate surface area is 275 Å². The van der Waals surface area contributed by atoms with E-state index in [0.717, 1.165) is 89.3 Å². The first-order valence-electron chi connectivity index (χ1n) is 17.1. The number of hydrogen-bond acceptors (Lipinski definition) is 4. The monoisotopic (exact) mass is 622 g/mol. The Hall–Kier alpha value is -2.79. The van der Waals surface area contributed by atoms with E-state index in [1.165, 1.54) is 26.0 Å². The Morgan fingerprint density at radius 3 is 2.07 bits per heavy atom. The first-order chi connectivity index (χ1) is 21.0. The number of nitrogens with zero attached hydrogens (tertiary/aromatic N) is 1. The molecule has 4 nitrogen and oxygen atoms in total. The average molecular weight is 622 g/mol. The van der Waals surface area contributed by atoms with E-state index in [1.54, 1.807) is 0 Å². The number of ketones is 1. The van der Waals surface area contributed by atoms with E-state index in [2.05, 4.69) is 81.9 Å². The van der Waals surface area contributed by atoms with Gasteiger partial charge in [0.25, 0.3) is 0 Å². The average Bonchev–Trinajstić information content (AvgIpc) is 2.96. The molecule has 1 aliphatic heterocycles. The topological polar surface area (TPSA) is 53.5 Å². The third-order valence-corrected chi connectivity index (χ3v) is 8.33. The van der Waals surface area contributed by atoms with Gasteiger partial charge in [0.15, 0.2) is 0 Å². The van der Waals surface area contributed by atoms with Crippen LogP contribution in [0.5, 0.6) is 0 Å². The Kier molecular flexibility index (Phi) is 17.6. The van der Waals surface area contributed by atoms with Gasteiger partial charge < -0.3 is 10.6 Å². The molecule has 1 saturated carbocycles. The molecule has 5 heteroatoms. The van der Waals surface area contributed by atoms with Crippen LogP contribution in [0.25, 0.3) is 5.57 Å². The van der Waals surface area contributed by atoms with E-state index < -0.39 is 5.41 Å². The van der Waals surface area contributed by atoms with Gasteiger partial charge in [0.1, 0.15) is 11.6 Å². The van der Waals surface area contributed by atoms with Crippen LogP contribution in [0.4, 0.5) is 4.39 Å². The standard InChI is InChI=1S/C30H42FN3O.C6H12.C4H10/c1-9-14-33-28(24(7)25(8)34-19-23(6)31)18-21(4)26-10-11-27(22(5)17-26)30(29(35)20(2)3)12-15-32-16-13-30;1-5-3-6(2)4-5;1-4(2)3/h10-11,14,17-20,32,34H,4,9,12-13,15-16H2,1-3,5-8H3;5-6H,3-4H2,1-2H3;4H,1-3H3/b23-19-,25-24+,28-18+,33-14?;;. The van der Waals surface area contributed by atoms with E-state index in [9.17, 15) is 9.18 Å². The van der Waals surface area contributed by atoms with E-state index in [-0.39, 0.29) is 11.7 Å². The van der Waals surface area contributed by atoms with Crippen molar-refractivity contribution in [2.75, 3.05) is 13.1 Å². The summed E-state index contributed by atoms with van der Waals surface area (Å²) >= 11 is 0. The number of allylic oxidation sites excluding steroid dienone is 5. The Morgan fingerprint density at radius 2 is 1.64 bits per heavy atom. The van der Waals surface area contributed by atoms with Crippen molar-refractivity contribution in [3.05, 3.63) is 76.5 Å². The van der Waals surface area contributed by atoms with Crippen molar-refractivity contribution in [2.45, 2.75) is 121 Å². The molecule has 1 aromatic carbocycles. The fourth-order valence-electron chi connectivity index (χ4n) is 5.95. The zero-order chi connectivity index (χ0) is 34.3. The van der Waals surface area contributed by atoms with Gasteiger partial charge in [0.05, 0.1) is 11.1 Å². The molecule has 3 rings (SSSR count). The normalized spacial score (nSPS) is 20.4. The molecule has 2 N–H and O–H groups in total. The number of rotatable bonds is 10. The Balaban J connectivity index is 0.000000861. The number of halogens is 1. The smallest absolute Gasteiger partial charge is 0.146 e. The maximum Gasteiger partial charge on any atom is 0.146 e. The van der Waals surface area contributed by atoms with Crippen molar-refractivity contribution in [1.29, 1.82) is 0 Å². The van der Waals surface area contributed by atoms with Gasteiger partial charge in [-0.05, 0) is 125 Å². The molecule has 0 bridgehead atoms. The van der Waals surface area contributed by atoms with Gasteiger partial charge in [-0.25, -0.2) is 4.39 Å². The third kappa shape index (κ3) is 13.2. The van der Waals surface area contributed by atoms with Crippen molar-refractivity contribution in [1.82, 2.24) is 10.6 Å². The molecule has 0 atom stereocenters. The highest BCUT2D eigenvalue weighted by molar-refractivity contribution is 5.92. The van der Waals surface area contributed by atoms with Gasteiger partial charge in [-0.1, -0.05) is 80.2 Å². The van der Waals surface area contributed by atoms with Crippen LogP contribution in [0.2, 0.25) is 0 Å². The highest BCUT2D eigenvalue weighted by atomic mass is 19.1. The van der Waals surface area contributed by atoms with Crippen molar-refractivity contribution >= 4 is 17.6 Å². The first-order valence-corrected chi connectivity index (χ1v) is 17.1. The van der Waals surface area contributed by atoms with Crippen LogP contribution in [-0.2, 0) is 10.2 Å². The van der Waals surface area contributed by atoms with Crippen molar-refractivity contribution in [2.24, 2.45) is 28.7 Å². The summed E-state index contributed by atoms with van der Waals surface area (Å²) in [5, 5.41) is 6.39. The number of carbonyl (C=O) groups is 1. The van der Waals surface area contributed by atoms with Crippen molar-refractivity contribution in [3.63, 3.8) is 0 Å². The molecule has 0 unspecified atom stereocenters. The van der Waals surface area contributed by atoms with Gasteiger partial charge in [0, 0.05) is 24.0 Å². The molecule has 0 spiro atoms. The number of piperidine rings is 1. The molecule has 1 saturated heterocycles. The Bertz CT molecular complexity index is 1210. The lowest BCUT2D eigenvalue weighted by Crippen LogP contribution is -2.47. The highest BCUT2D eigenvalue weighted by Gasteiger charge is 2.42. The minimum atomic E-state index is -0.431. The Morgan fingerprint density at radius 1 is 1.09 bits per heavy atom. The van der Waals surface area contributed by atoms with Gasteiger partial charge in [0.2, 0.25) is 0 Å². The molecule has 252 valence electrons. The number of Topliss-reactive ketones (excluding diaryl/α,β-unsaturated/α-hetero) is 1. The third-order valence-electron chi connectivity index (χ3n) is 8.33. The predicted octanol–water partition coefficient (Wildman–Crippen LogP) is 10.6. The zero-order valence-electron chi connectivity index (χ0n) is 30.7. The number of hydrogen-bond donors (Lipinski definition) is 2. The van der Waals surface area contributed by atoms with Crippen LogP contribution >= 0.6 is 0 Å². The summed E-state index contributed by atoms with van der Waals surface area (Å²) in [7, 11) is 0. The summed E-state index contributed by atoms with van der Waals surface area (Å²) in [5.74, 6) is 2.94. The number of aryl methyl sites for hydroxylation is 1. The van der Waals surface area contributed by atoms with Crippen molar-refractivity contribution in [3.8, 4) is 0 Å². The molecular formula is C40H64FN3O. The minimum absolute atomic E-state index is 0.00768. The number of benzene rings is 1. The summed E-state index contributed by atoms with van der Waals surface area (Å²) in [4.78, 5) is 18.0. The van der Waals surface area contributed by atoms with Gasteiger partial charge in [-0.3, -0.25) is 9.79 Å². The van der Waals surface area contributed by atoms with Crippen LogP contribution in [0.1, 0.15) is 125 Å². The lowest BCUT2D eigenvalue weighted by Gasteiger charge is -2.39. The van der Waals surface area contributed by atoms with E-state index >= 15 is 0 Å². The molecular weight excluding hydrogens is 557 g/mol. The van der Waals surface area contributed by atoms with Crippen molar-refractivity contribution < 1.29 is 9.18 Å². The van der Waals surface area contributed by atoms with E-state index in [0.29, 0.717) is 5.78 Å². The second-order valence-corrected chi connectivity index (χ2v) is 14.2. The van der Waals surface area contributed by atoms with Crippen LogP contribution in [0.15, 0.2) is 64.8 Å².